The highest BCUT2D eigenvalue weighted by Crippen LogP contribution is 2.43. The monoisotopic (exact) mass is 691 g/mol. The first-order valence-electron chi connectivity index (χ1n) is 18.2. The van der Waals surface area contributed by atoms with E-state index in [1.165, 1.54) is 22.3 Å². The standard InChI is InChI=1S/C50H33N3O/c1-32-13-10-18-37(29-32)34-25-27-36(28-26-34)49-51-48(35-16-6-3-7-17-35)52-50(53-49)43-31-45-47(42-22-9-8-21-41(42)43)46-40(23-12-24-44(46)54-45)39-20-11-19-38(30-39)33-14-4-2-5-15-33/h2-31H,1H3. The Hall–Kier alpha value is -7.17. The van der Waals surface area contributed by atoms with E-state index >= 15 is 0 Å². The summed E-state index contributed by atoms with van der Waals surface area (Å²) >= 11 is 0. The van der Waals surface area contributed by atoms with Crippen molar-refractivity contribution < 1.29 is 4.42 Å². The number of hydrogen-bond acceptors (Lipinski definition) is 4. The predicted octanol–water partition coefficient (Wildman–Crippen LogP) is 13.2. The lowest BCUT2D eigenvalue weighted by Crippen LogP contribution is -2.00. The lowest BCUT2D eigenvalue weighted by atomic mass is 9.93. The molecule has 8 aromatic carbocycles. The summed E-state index contributed by atoms with van der Waals surface area (Å²) in [5.74, 6) is 1.83. The van der Waals surface area contributed by atoms with Gasteiger partial charge in [-0.2, -0.15) is 0 Å². The van der Waals surface area contributed by atoms with Crippen LogP contribution in [0.5, 0.6) is 0 Å². The second-order valence-corrected chi connectivity index (χ2v) is 13.7. The van der Waals surface area contributed by atoms with Crippen LogP contribution in [0.25, 0.3) is 100 Å². The number of aryl methyl sites for hydroxylation is 1. The fraction of sp³-hybridized carbons (Fsp3) is 0.0200. The molecule has 254 valence electrons. The van der Waals surface area contributed by atoms with Gasteiger partial charge in [0.15, 0.2) is 17.5 Å². The van der Waals surface area contributed by atoms with Gasteiger partial charge in [-0.25, -0.2) is 15.0 Å². The van der Waals surface area contributed by atoms with Gasteiger partial charge in [0.05, 0.1) is 0 Å². The van der Waals surface area contributed by atoms with Gasteiger partial charge in [-0.1, -0.05) is 169 Å². The maximum atomic E-state index is 6.72. The van der Waals surface area contributed by atoms with Crippen molar-refractivity contribution in [1.29, 1.82) is 0 Å². The van der Waals surface area contributed by atoms with E-state index in [-0.39, 0.29) is 0 Å². The zero-order chi connectivity index (χ0) is 36.0. The third-order valence-corrected chi connectivity index (χ3v) is 10.2. The molecule has 0 aliphatic rings. The van der Waals surface area contributed by atoms with Crippen LogP contribution >= 0.6 is 0 Å². The average Bonchev–Trinajstić information content (AvgIpc) is 3.63. The van der Waals surface area contributed by atoms with Crippen LogP contribution in [0.4, 0.5) is 0 Å². The normalized spacial score (nSPS) is 11.4. The smallest absolute Gasteiger partial charge is 0.164 e. The van der Waals surface area contributed by atoms with Crippen molar-refractivity contribution in [2.24, 2.45) is 0 Å². The molecule has 10 aromatic rings. The van der Waals surface area contributed by atoms with Gasteiger partial charge in [-0.05, 0) is 69.3 Å². The fourth-order valence-electron chi connectivity index (χ4n) is 7.58. The Morgan fingerprint density at radius 3 is 1.61 bits per heavy atom. The van der Waals surface area contributed by atoms with Crippen LogP contribution in [0.1, 0.15) is 5.56 Å². The first-order chi connectivity index (χ1) is 26.7. The van der Waals surface area contributed by atoms with E-state index in [0.717, 1.165) is 66.1 Å². The quantitative estimate of drug-likeness (QED) is 0.174. The van der Waals surface area contributed by atoms with Crippen LogP contribution in [0, 0.1) is 6.92 Å². The van der Waals surface area contributed by atoms with E-state index in [4.69, 9.17) is 19.4 Å². The fourth-order valence-corrected chi connectivity index (χ4v) is 7.58. The second kappa shape index (κ2) is 13.1. The maximum absolute atomic E-state index is 6.72. The summed E-state index contributed by atoms with van der Waals surface area (Å²) in [6, 6.07) is 63.3. The van der Waals surface area contributed by atoms with Gasteiger partial charge >= 0.3 is 0 Å². The van der Waals surface area contributed by atoms with Gasteiger partial charge in [0.1, 0.15) is 11.2 Å². The van der Waals surface area contributed by atoms with E-state index < -0.39 is 0 Å². The Labute approximate surface area is 313 Å². The molecule has 4 heteroatoms. The van der Waals surface area contributed by atoms with Crippen molar-refractivity contribution in [3.05, 3.63) is 188 Å². The number of hydrogen-bond donors (Lipinski definition) is 0. The number of rotatable bonds is 6. The average molecular weight is 692 g/mol. The van der Waals surface area contributed by atoms with Crippen molar-refractivity contribution in [2.75, 3.05) is 0 Å². The SMILES string of the molecule is Cc1cccc(-c2ccc(-c3nc(-c4ccccc4)nc(-c4cc5oc6cccc(-c7cccc(-c8ccccc8)c7)c6c5c5ccccc45)n3)cc2)c1. The van der Waals surface area contributed by atoms with E-state index in [9.17, 15) is 0 Å². The molecule has 4 nitrogen and oxygen atoms in total. The van der Waals surface area contributed by atoms with Crippen molar-refractivity contribution >= 4 is 32.7 Å². The number of aromatic nitrogens is 3. The summed E-state index contributed by atoms with van der Waals surface area (Å²) < 4.78 is 6.72. The van der Waals surface area contributed by atoms with Crippen LogP contribution < -0.4 is 0 Å². The summed E-state index contributed by atoms with van der Waals surface area (Å²) in [4.78, 5) is 15.3. The molecule has 0 fully saturated rings. The molecule has 2 heterocycles. The molecule has 0 N–H and O–H groups in total. The molecule has 0 aliphatic carbocycles. The molecule has 0 aliphatic heterocycles. The van der Waals surface area contributed by atoms with E-state index in [0.29, 0.717) is 17.5 Å². The Balaban J connectivity index is 1.16. The van der Waals surface area contributed by atoms with Gasteiger partial charge in [-0.15, -0.1) is 0 Å². The molecule has 0 saturated heterocycles. The minimum Gasteiger partial charge on any atom is -0.456 e. The predicted molar refractivity (Wildman–Crippen MR) is 222 cm³/mol. The highest BCUT2D eigenvalue weighted by atomic mass is 16.3. The Morgan fingerprint density at radius 2 is 0.870 bits per heavy atom. The van der Waals surface area contributed by atoms with E-state index in [1.54, 1.807) is 0 Å². The largest absolute Gasteiger partial charge is 0.456 e. The highest BCUT2D eigenvalue weighted by Gasteiger charge is 2.21. The lowest BCUT2D eigenvalue weighted by molar-refractivity contribution is 0.669. The number of benzene rings is 8. The van der Waals surface area contributed by atoms with Crippen molar-refractivity contribution in [1.82, 2.24) is 15.0 Å². The van der Waals surface area contributed by atoms with Crippen LogP contribution in [0.2, 0.25) is 0 Å². The summed E-state index contributed by atoms with van der Waals surface area (Å²) in [7, 11) is 0. The summed E-state index contributed by atoms with van der Waals surface area (Å²) in [6.45, 7) is 2.12. The lowest BCUT2D eigenvalue weighted by Gasteiger charge is -2.12. The minimum atomic E-state index is 0.593. The molecular weight excluding hydrogens is 659 g/mol. The molecule has 0 atom stereocenters. The number of furan rings is 1. The number of nitrogens with zero attached hydrogens (tertiary/aromatic N) is 3. The zero-order valence-electron chi connectivity index (χ0n) is 29.6. The molecular formula is C50H33N3O. The topological polar surface area (TPSA) is 51.8 Å². The molecule has 0 spiro atoms. The van der Waals surface area contributed by atoms with E-state index in [1.807, 2.05) is 30.3 Å². The summed E-state index contributed by atoms with van der Waals surface area (Å²) in [5, 5.41) is 4.30. The van der Waals surface area contributed by atoms with Gasteiger partial charge in [0.25, 0.3) is 0 Å². The highest BCUT2D eigenvalue weighted by molar-refractivity contribution is 6.25. The van der Waals surface area contributed by atoms with E-state index in [2.05, 4.69) is 159 Å². The molecule has 10 rings (SSSR count). The van der Waals surface area contributed by atoms with Gasteiger partial charge < -0.3 is 4.42 Å². The molecule has 2 aromatic heterocycles. The molecule has 0 unspecified atom stereocenters. The van der Waals surface area contributed by atoms with Gasteiger partial charge in [-0.3, -0.25) is 0 Å². The molecule has 0 radical (unpaired) electrons. The Bertz CT molecular complexity index is 2990. The van der Waals surface area contributed by atoms with Crippen molar-refractivity contribution in [3.8, 4) is 67.5 Å². The third kappa shape index (κ3) is 5.62. The Kier molecular flexibility index (Phi) is 7.66. The molecule has 0 saturated carbocycles. The molecule has 54 heavy (non-hydrogen) atoms. The molecule has 0 bridgehead atoms. The third-order valence-electron chi connectivity index (χ3n) is 10.2. The van der Waals surface area contributed by atoms with Crippen LogP contribution in [0.3, 0.4) is 0 Å². The second-order valence-electron chi connectivity index (χ2n) is 13.7. The first kappa shape index (κ1) is 31.6. The van der Waals surface area contributed by atoms with Gasteiger partial charge in [0, 0.05) is 27.5 Å². The maximum Gasteiger partial charge on any atom is 0.164 e. The van der Waals surface area contributed by atoms with Crippen LogP contribution in [-0.4, -0.2) is 15.0 Å². The summed E-state index contributed by atoms with van der Waals surface area (Å²) in [5.41, 5.74) is 12.6. The van der Waals surface area contributed by atoms with Crippen LogP contribution in [-0.2, 0) is 0 Å². The minimum absolute atomic E-state index is 0.593. The zero-order valence-corrected chi connectivity index (χ0v) is 29.6. The van der Waals surface area contributed by atoms with Crippen molar-refractivity contribution in [3.63, 3.8) is 0 Å². The van der Waals surface area contributed by atoms with Crippen molar-refractivity contribution in [2.45, 2.75) is 6.92 Å². The first-order valence-corrected chi connectivity index (χ1v) is 18.2. The Morgan fingerprint density at radius 1 is 0.333 bits per heavy atom. The summed E-state index contributed by atoms with van der Waals surface area (Å²) in [6.07, 6.45) is 0. The number of fused-ring (bicyclic) bond motifs is 5. The van der Waals surface area contributed by atoms with Gasteiger partial charge in [0.2, 0.25) is 0 Å². The molecule has 0 amide bonds. The van der Waals surface area contributed by atoms with Crippen LogP contribution in [0.15, 0.2) is 186 Å².